The van der Waals surface area contributed by atoms with Crippen molar-refractivity contribution in [3.63, 3.8) is 0 Å². The predicted octanol–water partition coefficient (Wildman–Crippen LogP) is 1.11. The van der Waals surface area contributed by atoms with Crippen molar-refractivity contribution < 1.29 is 23.4 Å². The number of halogens is 2. The van der Waals surface area contributed by atoms with E-state index in [0.717, 1.165) is 0 Å². The number of carboxylic acids is 1. The van der Waals surface area contributed by atoms with E-state index in [1.54, 1.807) is 0 Å². The van der Waals surface area contributed by atoms with E-state index in [0.29, 0.717) is 5.56 Å². The van der Waals surface area contributed by atoms with Gasteiger partial charge in [-0.25, -0.2) is 13.6 Å². The molecule has 1 N–H and O–H groups in total. The summed E-state index contributed by atoms with van der Waals surface area (Å²) in [4.78, 5) is 12.5. The van der Waals surface area contributed by atoms with E-state index < -0.39 is 24.1 Å². The average Bonchev–Trinajstić information content (AvgIpc) is 2.28. The first-order valence-corrected chi connectivity index (χ1v) is 5.47. The standard InChI is InChI=1S/C12H13F2NO3.Li.H/c1-18-11(12(16)17)7-2-3-9(14)10(4-7)15-5-8(13)6-15;;/h2-4,8,11H,5-6H2,1H3,(H,16,17);;. The van der Waals surface area contributed by atoms with Crippen LogP contribution in [0.15, 0.2) is 18.2 Å². The first-order chi connectivity index (χ1) is 8.52. The molecule has 1 heterocycles. The number of anilines is 1. The van der Waals surface area contributed by atoms with Gasteiger partial charge in [0, 0.05) is 7.11 Å². The summed E-state index contributed by atoms with van der Waals surface area (Å²) in [5, 5.41) is 8.95. The van der Waals surface area contributed by atoms with Crippen LogP contribution in [0.25, 0.3) is 0 Å². The van der Waals surface area contributed by atoms with E-state index in [9.17, 15) is 13.6 Å². The molecule has 0 aliphatic carbocycles. The molecule has 0 spiro atoms. The minimum absolute atomic E-state index is 0. The summed E-state index contributed by atoms with van der Waals surface area (Å²) in [6.07, 6.45) is -2.10. The van der Waals surface area contributed by atoms with Crippen LogP contribution in [0.3, 0.4) is 0 Å². The zero-order chi connectivity index (χ0) is 13.3. The molecule has 0 saturated carbocycles. The number of alkyl halides is 1. The summed E-state index contributed by atoms with van der Waals surface area (Å²) < 4.78 is 31.2. The summed E-state index contributed by atoms with van der Waals surface area (Å²) in [6, 6.07) is 3.92. The number of carbonyl (C=O) groups is 1. The van der Waals surface area contributed by atoms with Gasteiger partial charge >= 0.3 is 24.8 Å². The second-order valence-electron chi connectivity index (χ2n) is 4.17. The molecule has 1 fully saturated rings. The first kappa shape index (κ1) is 16.0. The third-order valence-electron chi connectivity index (χ3n) is 2.91. The second kappa shape index (κ2) is 6.37. The van der Waals surface area contributed by atoms with Gasteiger partial charge in [-0.05, 0) is 17.7 Å². The third-order valence-corrected chi connectivity index (χ3v) is 2.91. The number of aliphatic carboxylic acids is 1. The summed E-state index contributed by atoms with van der Waals surface area (Å²) in [6.45, 7) is 0.260. The Labute approximate surface area is 121 Å². The molecule has 0 amide bonds. The van der Waals surface area contributed by atoms with E-state index >= 15 is 0 Å². The van der Waals surface area contributed by atoms with Crippen LogP contribution in [0, 0.1) is 5.82 Å². The average molecular weight is 265 g/mol. The van der Waals surface area contributed by atoms with Crippen molar-refractivity contribution in [1.82, 2.24) is 0 Å². The Bertz CT molecular complexity index is 466. The summed E-state index contributed by atoms with van der Waals surface area (Å²) in [5.41, 5.74) is 0.549. The van der Waals surface area contributed by atoms with Crippen LogP contribution < -0.4 is 4.90 Å². The molecule has 4 nitrogen and oxygen atoms in total. The number of methoxy groups -OCH3 is 1. The third kappa shape index (κ3) is 3.27. The molecular weight excluding hydrogens is 251 g/mol. The quantitative estimate of drug-likeness (QED) is 0.828. The van der Waals surface area contributed by atoms with Gasteiger partial charge in [0.15, 0.2) is 6.10 Å². The van der Waals surface area contributed by atoms with Gasteiger partial charge in [-0.3, -0.25) is 0 Å². The molecular formula is C12H14F2LiNO3. The van der Waals surface area contributed by atoms with Crippen LogP contribution in [0.4, 0.5) is 14.5 Å². The second-order valence-corrected chi connectivity index (χ2v) is 4.17. The number of carboxylic acid groups (broad SMARTS) is 1. The predicted molar refractivity (Wildman–Crippen MR) is 68.0 cm³/mol. The summed E-state index contributed by atoms with van der Waals surface area (Å²) >= 11 is 0. The molecule has 19 heavy (non-hydrogen) atoms. The molecule has 1 aliphatic rings. The molecule has 1 saturated heterocycles. The van der Waals surface area contributed by atoms with E-state index in [4.69, 9.17) is 9.84 Å². The normalized spacial score (nSPS) is 16.5. The topological polar surface area (TPSA) is 49.8 Å². The maximum atomic E-state index is 13.6. The number of hydrogen-bond donors (Lipinski definition) is 1. The fourth-order valence-electron chi connectivity index (χ4n) is 1.94. The van der Waals surface area contributed by atoms with Crippen LogP contribution in [0.1, 0.15) is 11.7 Å². The zero-order valence-electron chi connectivity index (χ0n) is 9.77. The van der Waals surface area contributed by atoms with Gasteiger partial charge in [0.1, 0.15) is 12.0 Å². The van der Waals surface area contributed by atoms with E-state index in [1.165, 1.54) is 30.2 Å². The number of benzene rings is 1. The molecule has 0 bridgehead atoms. The van der Waals surface area contributed by atoms with E-state index in [2.05, 4.69) is 0 Å². The number of ether oxygens (including phenoxy) is 1. The molecule has 7 heteroatoms. The van der Waals surface area contributed by atoms with Crippen molar-refractivity contribution >= 4 is 30.5 Å². The monoisotopic (exact) mass is 265 g/mol. The zero-order valence-corrected chi connectivity index (χ0v) is 9.77. The van der Waals surface area contributed by atoms with Gasteiger partial charge < -0.3 is 14.7 Å². The van der Waals surface area contributed by atoms with Gasteiger partial charge in [0.05, 0.1) is 18.8 Å². The molecule has 0 radical (unpaired) electrons. The van der Waals surface area contributed by atoms with Crippen molar-refractivity contribution in [3.05, 3.63) is 29.6 Å². The number of nitrogens with zero attached hydrogens (tertiary/aromatic N) is 1. The molecule has 100 valence electrons. The van der Waals surface area contributed by atoms with Crippen molar-refractivity contribution in [1.29, 1.82) is 0 Å². The van der Waals surface area contributed by atoms with E-state index in [-0.39, 0.29) is 37.6 Å². The maximum absolute atomic E-state index is 13.6. The Morgan fingerprint density at radius 2 is 2.16 bits per heavy atom. The Kier molecular flexibility index (Phi) is 5.36. The molecule has 1 unspecified atom stereocenters. The van der Waals surface area contributed by atoms with Crippen molar-refractivity contribution in [2.45, 2.75) is 12.3 Å². The van der Waals surface area contributed by atoms with Gasteiger partial charge in [-0.2, -0.15) is 0 Å². The van der Waals surface area contributed by atoms with Crippen LogP contribution in [-0.4, -0.2) is 56.3 Å². The van der Waals surface area contributed by atoms with Crippen LogP contribution in [0.5, 0.6) is 0 Å². The number of rotatable bonds is 4. The molecule has 2 rings (SSSR count). The molecule has 1 aliphatic heterocycles. The van der Waals surface area contributed by atoms with Gasteiger partial charge in [0.2, 0.25) is 0 Å². The minimum atomic E-state index is -1.15. The molecule has 1 aromatic carbocycles. The van der Waals surface area contributed by atoms with Crippen molar-refractivity contribution in [2.75, 3.05) is 25.1 Å². The number of hydrogen-bond acceptors (Lipinski definition) is 3. The molecule has 1 atom stereocenters. The van der Waals surface area contributed by atoms with Crippen LogP contribution in [0.2, 0.25) is 0 Å². The van der Waals surface area contributed by atoms with Crippen LogP contribution in [-0.2, 0) is 9.53 Å². The van der Waals surface area contributed by atoms with Crippen molar-refractivity contribution in [2.24, 2.45) is 0 Å². The Morgan fingerprint density at radius 1 is 1.53 bits per heavy atom. The Hall–Kier alpha value is -1.09. The SMILES string of the molecule is COC(C(=O)O)c1ccc(F)c(N2CC(F)C2)c1.[LiH]. The van der Waals surface area contributed by atoms with Crippen molar-refractivity contribution in [3.8, 4) is 0 Å². The summed E-state index contributed by atoms with van der Waals surface area (Å²) in [7, 11) is 1.27. The summed E-state index contributed by atoms with van der Waals surface area (Å²) in [5.74, 6) is -1.65. The van der Waals surface area contributed by atoms with Gasteiger partial charge in [0.25, 0.3) is 0 Å². The van der Waals surface area contributed by atoms with E-state index in [1.807, 2.05) is 0 Å². The van der Waals surface area contributed by atoms with Crippen LogP contribution >= 0.6 is 0 Å². The Balaban J connectivity index is 0.00000180. The van der Waals surface area contributed by atoms with Gasteiger partial charge in [-0.15, -0.1) is 0 Å². The molecule has 1 aromatic rings. The fraction of sp³-hybridized carbons (Fsp3) is 0.417. The fourth-order valence-corrected chi connectivity index (χ4v) is 1.94. The Morgan fingerprint density at radius 3 is 2.63 bits per heavy atom. The molecule has 0 aromatic heterocycles. The first-order valence-electron chi connectivity index (χ1n) is 5.47. The van der Waals surface area contributed by atoms with Gasteiger partial charge in [-0.1, -0.05) is 6.07 Å².